The lowest BCUT2D eigenvalue weighted by Crippen LogP contribution is -2.12. The van der Waals surface area contributed by atoms with E-state index in [2.05, 4.69) is 60.6 Å². The fraction of sp³-hybridized carbons (Fsp3) is 0.400. The average Bonchev–Trinajstić information content (AvgIpc) is 2.87. The van der Waals surface area contributed by atoms with E-state index in [1.165, 1.54) is 22.5 Å². The van der Waals surface area contributed by atoms with E-state index in [4.69, 9.17) is 0 Å². The van der Waals surface area contributed by atoms with Crippen LogP contribution in [0.2, 0.25) is 0 Å². The zero-order chi connectivity index (χ0) is 14.5. The smallest absolute Gasteiger partial charge is 0.226 e. The summed E-state index contributed by atoms with van der Waals surface area (Å²) in [6.45, 7) is 6.17. The van der Waals surface area contributed by atoms with Crippen LogP contribution in [0.1, 0.15) is 42.3 Å². The molecule has 1 aromatic heterocycles. The Morgan fingerprint density at radius 1 is 1.25 bits per heavy atom. The van der Waals surface area contributed by atoms with Crippen LogP contribution < -0.4 is 5.32 Å². The van der Waals surface area contributed by atoms with E-state index >= 15 is 0 Å². The monoisotopic (exact) mass is 289 g/mol. The molecule has 2 aromatic rings. The largest absolute Gasteiger partial charge is 0.301 e. The van der Waals surface area contributed by atoms with Crippen molar-refractivity contribution < 1.29 is 4.79 Å². The van der Waals surface area contributed by atoms with Crippen LogP contribution in [-0.4, -0.2) is 16.1 Å². The molecule has 0 aliphatic rings. The molecule has 1 heterocycles. The molecule has 0 bridgehead atoms. The van der Waals surface area contributed by atoms with Crippen molar-refractivity contribution in [3.8, 4) is 0 Å². The fourth-order valence-electron chi connectivity index (χ4n) is 1.71. The van der Waals surface area contributed by atoms with Gasteiger partial charge in [-0.05, 0) is 18.9 Å². The summed E-state index contributed by atoms with van der Waals surface area (Å²) in [4.78, 5) is 11.9. The second-order valence-electron chi connectivity index (χ2n) is 5.13. The van der Waals surface area contributed by atoms with E-state index in [1.807, 2.05) is 0 Å². The number of aromatic nitrogens is 2. The predicted molar refractivity (Wildman–Crippen MR) is 82.1 cm³/mol. The first-order chi connectivity index (χ1) is 9.54. The normalized spacial score (nSPS) is 10.8. The first-order valence-electron chi connectivity index (χ1n) is 6.73. The maximum atomic E-state index is 11.9. The minimum atomic E-state index is -0.0166. The molecular formula is C15H19N3OS. The minimum absolute atomic E-state index is 0.0166. The van der Waals surface area contributed by atoms with Crippen LogP contribution in [0.3, 0.4) is 0 Å². The van der Waals surface area contributed by atoms with Crippen LogP contribution >= 0.6 is 11.3 Å². The van der Waals surface area contributed by atoms with Crippen molar-refractivity contribution in [1.29, 1.82) is 0 Å². The van der Waals surface area contributed by atoms with Crippen molar-refractivity contribution in [3.05, 3.63) is 40.4 Å². The molecule has 0 saturated heterocycles. The number of hydrogen-bond donors (Lipinski definition) is 1. The van der Waals surface area contributed by atoms with Crippen molar-refractivity contribution >= 4 is 22.4 Å². The molecule has 0 fully saturated rings. The SMILES string of the molecule is Cc1ccc(CCC(=O)Nc2nnc(C(C)C)s2)cc1. The molecule has 1 aromatic carbocycles. The number of amides is 1. The number of nitrogens with one attached hydrogen (secondary N) is 1. The molecule has 106 valence electrons. The maximum absolute atomic E-state index is 11.9. The van der Waals surface area contributed by atoms with E-state index in [1.54, 1.807) is 0 Å². The van der Waals surface area contributed by atoms with Crippen molar-refractivity contribution in [1.82, 2.24) is 10.2 Å². The molecule has 0 radical (unpaired) electrons. The number of anilines is 1. The Morgan fingerprint density at radius 2 is 1.95 bits per heavy atom. The van der Waals surface area contributed by atoms with Gasteiger partial charge >= 0.3 is 0 Å². The molecule has 20 heavy (non-hydrogen) atoms. The van der Waals surface area contributed by atoms with Crippen molar-refractivity contribution in [2.45, 2.75) is 39.5 Å². The fourth-order valence-corrected chi connectivity index (χ4v) is 2.47. The highest BCUT2D eigenvalue weighted by Gasteiger charge is 2.10. The lowest BCUT2D eigenvalue weighted by atomic mass is 10.1. The summed E-state index contributed by atoms with van der Waals surface area (Å²) in [5.74, 6) is 0.322. The molecule has 1 amide bonds. The topological polar surface area (TPSA) is 54.9 Å². The minimum Gasteiger partial charge on any atom is -0.301 e. The van der Waals surface area contributed by atoms with Gasteiger partial charge in [0.1, 0.15) is 5.01 Å². The summed E-state index contributed by atoms with van der Waals surface area (Å²) in [5, 5.41) is 12.4. The summed E-state index contributed by atoms with van der Waals surface area (Å²) in [5.41, 5.74) is 2.40. The number of aryl methyl sites for hydroxylation is 2. The summed E-state index contributed by atoms with van der Waals surface area (Å²) in [7, 11) is 0. The molecule has 1 N–H and O–H groups in total. The van der Waals surface area contributed by atoms with E-state index < -0.39 is 0 Å². The quantitative estimate of drug-likeness (QED) is 0.916. The van der Waals surface area contributed by atoms with Gasteiger partial charge in [-0.15, -0.1) is 10.2 Å². The molecule has 0 atom stereocenters. The number of benzene rings is 1. The third-order valence-electron chi connectivity index (χ3n) is 2.94. The van der Waals surface area contributed by atoms with Crippen LogP contribution in [-0.2, 0) is 11.2 Å². The molecule has 0 aliphatic heterocycles. The zero-order valence-electron chi connectivity index (χ0n) is 12.0. The Kier molecular flexibility index (Phi) is 4.84. The molecule has 0 spiro atoms. The molecular weight excluding hydrogens is 270 g/mol. The lowest BCUT2D eigenvalue weighted by molar-refractivity contribution is -0.116. The number of rotatable bonds is 5. The van der Waals surface area contributed by atoms with E-state index in [-0.39, 0.29) is 5.91 Å². The third kappa shape index (κ3) is 4.13. The van der Waals surface area contributed by atoms with Gasteiger partial charge in [0.05, 0.1) is 0 Å². The maximum Gasteiger partial charge on any atom is 0.226 e. The van der Waals surface area contributed by atoms with Gasteiger partial charge in [0.15, 0.2) is 0 Å². The Morgan fingerprint density at radius 3 is 2.55 bits per heavy atom. The lowest BCUT2D eigenvalue weighted by Gasteiger charge is -2.02. The Hall–Kier alpha value is -1.75. The van der Waals surface area contributed by atoms with Gasteiger partial charge in [-0.25, -0.2) is 0 Å². The highest BCUT2D eigenvalue weighted by molar-refractivity contribution is 7.15. The van der Waals surface area contributed by atoms with Crippen LogP contribution in [0, 0.1) is 6.92 Å². The van der Waals surface area contributed by atoms with E-state index in [0.29, 0.717) is 17.5 Å². The first-order valence-corrected chi connectivity index (χ1v) is 7.55. The Balaban J connectivity index is 1.84. The second kappa shape index (κ2) is 6.61. The average molecular weight is 289 g/mol. The predicted octanol–water partition coefficient (Wildman–Crippen LogP) is 3.54. The van der Waals surface area contributed by atoms with Gasteiger partial charge in [0.25, 0.3) is 0 Å². The highest BCUT2D eigenvalue weighted by Crippen LogP contribution is 2.22. The van der Waals surface area contributed by atoms with E-state index in [0.717, 1.165) is 11.4 Å². The summed E-state index contributed by atoms with van der Waals surface area (Å²) in [6.07, 6.45) is 1.20. The van der Waals surface area contributed by atoms with Crippen LogP contribution in [0.15, 0.2) is 24.3 Å². The van der Waals surface area contributed by atoms with Gasteiger partial charge in [-0.2, -0.15) is 0 Å². The number of carbonyl (C=O) groups is 1. The summed E-state index contributed by atoms with van der Waals surface area (Å²) >= 11 is 1.44. The van der Waals surface area contributed by atoms with Gasteiger partial charge in [0, 0.05) is 12.3 Å². The summed E-state index contributed by atoms with van der Waals surface area (Å²) < 4.78 is 0. The second-order valence-corrected chi connectivity index (χ2v) is 6.14. The summed E-state index contributed by atoms with van der Waals surface area (Å²) in [6, 6.07) is 8.24. The van der Waals surface area contributed by atoms with Gasteiger partial charge in [-0.1, -0.05) is 55.0 Å². The molecule has 0 saturated carbocycles. The van der Waals surface area contributed by atoms with Gasteiger partial charge < -0.3 is 5.32 Å². The third-order valence-corrected chi connectivity index (χ3v) is 4.08. The van der Waals surface area contributed by atoms with Crippen molar-refractivity contribution in [3.63, 3.8) is 0 Å². The molecule has 2 rings (SSSR count). The molecule has 0 aliphatic carbocycles. The van der Waals surface area contributed by atoms with Gasteiger partial charge in [0.2, 0.25) is 11.0 Å². The molecule has 0 unspecified atom stereocenters. The number of nitrogens with zero attached hydrogens (tertiary/aromatic N) is 2. The first kappa shape index (κ1) is 14.7. The van der Waals surface area contributed by atoms with Gasteiger partial charge in [-0.3, -0.25) is 4.79 Å². The van der Waals surface area contributed by atoms with Crippen LogP contribution in [0.5, 0.6) is 0 Å². The van der Waals surface area contributed by atoms with Crippen molar-refractivity contribution in [2.75, 3.05) is 5.32 Å². The number of hydrogen-bond acceptors (Lipinski definition) is 4. The van der Waals surface area contributed by atoms with Crippen LogP contribution in [0.4, 0.5) is 5.13 Å². The Labute approximate surface area is 123 Å². The van der Waals surface area contributed by atoms with Crippen molar-refractivity contribution in [2.24, 2.45) is 0 Å². The number of carbonyl (C=O) groups excluding carboxylic acids is 1. The molecule has 4 nitrogen and oxygen atoms in total. The zero-order valence-corrected chi connectivity index (χ0v) is 12.8. The molecule has 5 heteroatoms. The highest BCUT2D eigenvalue weighted by atomic mass is 32.1. The standard InChI is InChI=1S/C15H19N3OS/c1-10(2)14-17-18-15(20-14)16-13(19)9-8-12-6-4-11(3)5-7-12/h4-7,10H,8-9H2,1-3H3,(H,16,18,19). The van der Waals surface area contributed by atoms with E-state index in [9.17, 15) is 4.79 Å². The Bertz CT molecular complexity index is 575. The van der Waals surface area contributed by atoms with Crippen LogP contribution in [0.25, 0.3) is 0 Å².